The second kappa shape index (κ2) is 14.8. The maximum Gasteiger partial charge on any atom is 0.0480 e. The molecule has 0 fully saturated rings. The molecule has 0 rings (SSSR count). The van der Waals surface area contributed by atoms with E-state index >= 15 is 0 Å². The van der Waals surface area contributed by atoms with Crippen LogP contribution in [0.4, 0.5) is 0 Å². The molecular formula is C19H41NO. The summed E-state index contributed by atoms with van der Waals surface area (Å²) in [4.78, 5) is 2.25. The van der Waals surface area contributed by atoms with Gasteiger partial charge in [0.25, 0.3) is 0 Å². The SMILES string of the molecule is CC(C)CCCCCCCCCCOCCC(C)N(C)C. The van der Waals surface area contributed by atoms with Crippen LogP contribution in [0, 0.1) is 5.92 Å². The zero-order valence-corrected chi connectivity index (χ0v) is 15.5. The molecule has 0 aliphatic rings. The van der Waals surface area contributed by atoms with Crippen molar-refractivity contribution in [2.24, 2.45) is 5.92 Å². The Morgan fingerprint density at radius 1 is 0.667 bits per heavy atom. The van der Waals surface area contributed by atoms with Gasteiger partial charge < -0.3 is 9.64 Å². The van der Waals surface area contributed by atoms with E-state index in [4.69, 9.17) is 4.74 Å². The Bertz CT molecular complexity index is 204. The van der Waals surface area contributed by atoms with Crippen molar-refractivity contribution in [3.05, 3.63) is 0 Å². The van der Waals surface area contributed by atoms with Crippen LogP contribution in [0.15, 0.2) is 0 Å². The van der Waals surface area contributed by atoms with Crippen LogP contribution < -0.4 is 0 Å². The summed E-state index contributed by atoms with van der Waals surface area (Å²) in [5.41, 5.74) is 0. The van der Waals surface area contributed by atoms with Gasteiger partial charge >= 0.3 is 0 Å². The minimum atomic E-state index is 0.626. The van der Waals surface area contributed by atoms with E-state index in [9.17, 15) is 0 Å². The summed E-state index contributed by atoms with van der Waals surface area (Å²) in [6.07, 6.45) is 13.7. The summed E-state index contributed by atoms with van der Waals surface area (Å²) >= 11 is 0. The molecular weight excluding hydrogens is 258 g/mol. The Kier molecular flexibility index (Phi) is 14.8. The molecule has 2 nitrogen and oxygen atoms in total. The number of ether oxygens (including phenoxy) is 1. The van der Waals surface area contributed by atoms with E-state index < -0.39 is 0 Å². The van der Waals surface area contributed by atoms with E-state index in [0.29, 0.717) is 6.04 Å². The molecule has 0 aromatic rings. The summed E-state index contributed by atoms with van der Waals surface area (Å²) in [5.74, 6) is 0.880. The van der Waals surface area contributed by atoms with Gasteiger partial charge in [-0.2, -0.15) is 0 Å². The highest BCUT2D eigenvalue weighted by Gasteiger charge is 2.03. The van der Waals surface area contributed by atoms with E-state index in [0.717, 1.165) is 25.6 Å². The van der Waals surface area contributed by atoms with E-state index in [1.165, 1.54) is 57.8 Å². The van der Waals surface area contributed by atoms with Gasteiger partial charge in [0, 0.05) is 19.3 Å². The predicted molar refractivity (Wildman–Crippen MR) is 95.0 cm³/mol. The normalized spacial score (nSPS) is 13.3. The monoisotopic (exact) mass is 299 g/mol. The molecule has 21 heavy (non-hydrogen) atoms. The average molecular weight is 300 g/mol. The summed E-state index contributed by atoms with van der Waals surface area (Å²) in [6.45, 7) is 8.76. The summed E-state index contributed by atoms with van der Waals surface area (Å²) in [5, 5.41) is 0. The van der Waals surface area contributed by atoms with Gasteiger partial charge in [0.15, 0.2) is 0 Å². The standard InChI is InChI=1S/C19H41NO/c1-18(2)14-12-10-8-6-7-9-11-13-16-21-17-15-19(3)20(4)5/h18-19H,6-17H2,1-5H3. The molecule has 0 aliphatic heterocycles. The van der Waals surface area contributed by atoms with Gasteiger partial charge in [-0.15, -0.1) is 0 Å². The molecule has 0 amide bonds. The van der Waals surface area contributed by atoms with Crippen molar-refractivity contribution < 1.29 is 4.74 Å². The molecule has 0 saturated heterocycles. The minimum absolute atomic E-state index is 0.626. The van der Waals surface area contributed by atoms with Gasteiger partial charge in [-0.3, -0.25) is 0 Å². The van der Waals surface area contributed by atoms with Gasteiger partial charge in [0.1, 0.15) is 0 Å². The lowest BCUT2D eigenvalue weighted by molar-refractivity contribution is 0.110. The van der Waals surface area contributed by atoms with Crippen molar-refractivity contribution in [2.75, 3.05) is 27.3 Å². The first kappa shape index (κ1) is 20.9. The summed E-state index contributed by atoms with van der Waals surface area (Å²) in [7, 11) is 4.26. The van der Waals surface area contributed by atoms with Crippen molar-refractivity contribution in [2.45, 2.75) is 91.0 Å². The fraction of sp³-hybridized carbons (Fsp3) is 1.00. The molecule has 0 heterocycles. The lowest BCUT2D eigenvalue weighted by Crippen LogP contribution is -2.25. The number of hydrogen-bond donors (Lipinski definition) is 0. The highest BCUT2D eigenvalue weighted by molar-refractivity contribution is 4.57. The van der Waals surface area contributed by atoms with Crippen LogP contribution in [-0.2, 0) is 4.74 Å². The molecule has 2 heteroatoms. The van der Waals surface area contributed by atoms with Crippen LogP contribution in [0.2, 0.25) is 0 Å². The van der Waals surface area contributed by atoms with Gasteiger partial charge in [-0.05, 0) is 39.8 Å². The predicted octanol–water partition coefficient (Wildman–Crippen LogP) is 5.51. The Balaban J connectivity index is 3.06. The molecule has 0 bridgehead atoms. The third-order valence-electron chi connectivity index (χ3n) is 4.38. The van der Waals surface area contributed by atoms with Crippen LogP contribution in [-0.4, -0.2) is 38.3 Å². The van der Waals surface area contributed by atoms with Crippen LogP contribution >= 0.6 is 0 Å². The summed E-state index contributed by atoms with van der Waals surface area (Å²) in [6, 6.07) is 0.626. The topological polar surface area (TPSA) is 12.5 Å². The maximum absolute atomic E-state index is 5.71. The second-order valence-electron chi connectivity index (χ2n) is 7.22. The molecule has 0 spiro atoms. The first-order valence-electron chi connectivity index (χ1n) is 9.28. The highest BCUT2D eigenvalue weighted by Crippen LogP contribution is 2.12. The lowest BCUT2D eigenvalue weighted by Gasteiger charge is -2.19. The Morgan fingerprint density at radius 3 is 1.71 bits per heavy atom. The second-order valence-corrected chi connectivity index (χ2v) is 7.22. The average Bonchev–Trinajstić information content (AvgIpc) is 2.43. The zero-order valence-electron chi connectivity index (χ0n) is 15.5. The third-order valence-corrected chi connectivity index (χ3v) is 4.38. The van der Waals surface area contributed by atoms with Crippen LogP contribution in [0.3, 0.4) is 0 Å². The van der Waals surface area contributed by atoms with Crippen molar-refractivity contribution in [1.29, 1.82) is 0 Å². The number of unbranched alkanes of at least 4 members (excludes halogenated alkanes) is 7. The van der Waals surface area contributed by atoms with Gasteiger partial charge in [0.05, 0.1) is 0 Å². The molecule has 0 saturated carbocycles. The largest absolute Gasteiger partial charge is 0.381 e. The molecule has 1 unspecified atom stereocenters. The molecule has 0 aliphatic carbocycles. The zero-order chi connectivity index (χ0) is 15.9. The van der Waals surface area contributed by atoms with Crippen molar-refractivity contribution in [1.82, 2.24) is 4.90 Å². The Labute approximate surface area is 134 Å². The molecule has 128 valence electrons. The Morgan fingerprint density at radius 2 is 1.19 bits per heavy atom. The van der Waals surface area contributed by atoms with Crippen molar-refractivity contribution in [3.8, 4) is 0 Å². The molecule has 1 atom stereocenters. The molecule has 0 aromatic heterocycles. The quantitative estimate of drug-likeness (QED) is 0.370. The van der Waals surface area contributed by atoms with Crippen LogP contribution in [0.5, 0.6) is 0 Å². The molecule has 0 N–H and O–H groups in total. The van der Waals surface area contributed by atoms with Crippen LogP contribution in [0.1, 0.15) is 85.0 Å². The fourth-order valence-electron chi connectivity index (χ4n) is 2.43. The molecule has 0 radical (unpaired) electrons. The van der Waals surface area contributed by atoms with E-state index in [1.54, 1.807) is 0 Å². The lowest BCUT2D eigenvalue weighted by atomic mass is 10.0. The summed E-state index contributed by atoms with van der Waals surface area (Å²) < 4.78 is 5.71. The van der Waals surface area contributed by atoms with Crippen LogP contribution in [0.25, 0.3) is 0 Å². The van der Waals surface area contributed by atoms with E-state index in [2.05, 4.69) is 39.8 Å². The minimum Gasteiger partial charge on any atom is -0.381 e. The van der Waals surface area contributed by atoms with E-state index in [-0.39, 0.29) is 0 Å². The number of nitrogens with zero attached hydrogens (tertiary/aromatic N) is 1. The van der Waals surface area contributed by atoms with E-state index in [1.807, 2.05) is 0 Å². The maximum atomic E-state index is 5.71. The fourth-order valence-corrected chi connectivity index (χ4v) is 2.43. The number of hydrogen-bond acceptors (Lipinski definition) is 2. The van der Waals surface area contributed by atoms with Gasteiger partial charge in [-0.25, -0.2) is 0 Å². The van der Waals surface area contributed by atoms with Gasteiger partial charge in [0.2, 0.25) is 0 Å². The smallest absolute Gasteiger partial charge is 0.0480 e. The first-order chi connectivity index (χ1) is 10.0. The third kappa shape index (κ3) is 16.1. The Hall–Kier alpha value is -0.0800. The first-order valence-corrected chi connectivity index (χ1v) is 9.28. The van der Waals surface area contributed by atoms with Crippen molar-refractivity contribution >= 4 is 0 Å². The highest BCUT2D eigenvalue weighted by atomic mass is 16.5. The van der Waals surface area contributed by atoms with Gasteiger partial charge in [-0.1, -0.05) is 65.2 Å². The van der Waals surface area contributed by atoms with Crippen molar-refractivity contribution in [3.63, 3.8) is 0 Å². The molecule has 0 aromatic carbocycles. The number of rotatable bonds is 15.